The minimum atomic E-state index is -3.35. The third kappa shape index (κ3) is 2.70. The van der Waals surface area contributed by atoms with E-state index < -0.39 is 10.0 Å². The molecule has 0 radical (unpaired) electrons. The molecule has 0 atom stereocenters. The maximum atomic E-state index is 12.4. The van der Waals surface area contributed by atoms with Crippen LogP contribution >= 0.6 is 11.3 Å². The average Bonchev–Trinajstić information content (AvgIpc) is 2.74. The van der Waals surface area contributed by atoms with Gasteiger partial charge in [-0.05, 0) is 30.7 Å². The number of aliphatic hydroxyl groups is 1. The maximum absolute atomic E-state index is 12.4. The second-order valence-corrected chi connectivity index (χ2v) is 7.27. The van der Waals surface area contributed by atoms with Gasteiger partial charge in [0.2, 0.25) is 0 Å². The Morgan fingerprint density at radius 1 is 1.47 bits per heavy atom. The van der Waals surface area contributed by atoms with E-state index in [1.165, 1.54) is 11.3 Å². The summed E-state index contributed by atoms with van der Waals surface area (Å²) in [6.07, 6.45) is 3.48. The van der Waals surface area contributed by atoms with E-state index >= 15 is 0 Å². The number of aliphatic hydroxyl groups excluding tert-OH is 1. The fourth-order valence-electron chi connectivity index (χ4n) is 1.93. The highest BCUT2D eigenvalue weighted by Gasteiger charge is 2.34. The van der Waals surface area contributed by atoms with Crippen LogP contribution < -0.4 is 0 Å². The SMILES string of the molecule is O=S(=O)(c1cccs1)N(CCCO)C1CCC1. The van der Waals surface area contributed by atoms with Gasteiger partial charge in [-0.1, -0.05) is 12.5 Å². The van der Waals surface area contributed by atoms with Crippen molar-refractivity contribution in [3.8, 4) is 0 Å². The predicted molar refractivity (Wildman–Crippen MR) is 67.6 cm³/mol. The van der Waals surface area contributed by atoms with Gasteiger partial charge in [0.25, 0.3) is 10.0 Å². The van der Waals surface area contributed by atoms with Crippen molar-refractivity contribution >= 4 is 21.4 Å². The van der Waals surface area contributed by atoms with Gasteiger partial charge in [-0.25, -0.2) is 8.42 Å². The lowest BCUT2D eigenvalue weighted by Crippen LogP contribution is -2.44. The third-order valence-corrected chi connectivity index (χ3v) is 6.40. The fourth-order valence-corrected chi connectivity index (χ4v) is 4.77. The molecule has 1 heterocycles. The first-order valence-corrected chi connectivity index (χ1v) is 8.14. The van der Waals surface area contributed by atoms with Crippen molar-refractivity contribution in [1.29, 1.82) is 0 Å². The normalized spacial score (nSPS) is 17.3. The predicted octanol–water partition coefficient (Wildman–Crippen LogP) is 1.67. The number of nitrogens with zero attached hydrogens (tertiary/aromatic N) is 1. The molecule has 0 bridgehead atoms. The summed E-state index contributed by atoms with van der Waals surface area (Å²) in [7, 11) is -3.35. The Bertz CT molecular complexity index is 437. The molecule has 96 valence electrons. The Balaban J connectivity index is 2.19. The average molecular weight is 275 g/mol. The van der Waals surface area contributed by atoms with Gasteiger partial charge in [-0.3, -0.25) is 0 Å². The molecule has 1 N–H and O–H groups in total. The first kappa shape index (κ1) is 13.0. The van der Waals surface area contributed by atoms with E-state index in [-0.39, 0.29) is 12.6 Å². The van der Waals surface area contributed by atoms with E-state index in [0.29, 0.717) is 17.2 Å². The smallest absolute Gasteiger partial charge is 0.252 e. The molecule has 1 fully saturated rings. The van der Waals surface area contributed by atoms with Gasteiger partial charge in [0.15, 0.2) is 0 Å². The zero-order valence-corrected chi connectivity index (χ0v) is 11.2. The summed E-state index contributed by atoms with van der Waals surface area (Å²) in [4.78, 5) is 0. The molecular formula is C11H17NO3S2. The lowest BCUT2D eigenvalue weighted by atomic mass is 9.93. The number of hydrogen-bond acceptors (Lipinski definition) is 4. The van der Waals surface area contributed by atoms with Gasteiger partial charge in [0, 0.05) is 19.2 Å². The Labute approximate surface area is 106 Å². The lowest BCUT2D eigenvalue weighted by molar-refractivity contribution is 0.199. The van der Waals surface area contributed by atoms with Crippen LogP contribution in [0.15, 0.2) is 21.7 Å². The van der Waals surface area contributed by atoms with E-state index in [4.69, 9.17) is 5.11 Å². The van der Waals surface area contributed by atoms with Gasteiger partial charge < -0.3 is 5.11 Å². The maximum Gasteiger partial charge on any atom is 0.252 e. The molecule has 0 spiro atoms. The van der Waals surface area contributed by atoms with Crippen molar-refractivity contribution in [1.82, 2.24) is 4.31 Å². The van der Waals surface area contributed by atoms with Crippen LogP contribution in [0.3, 0.4) is 0 Å². The molecule has 17 heavy (non-hydrogen) atoms. The largest absolute Gasteiger partial charge is 0.396 e. The van der Waals surface area contributed by atoms with Crippen molar-refractivity contribution in [2.24, 2.45) is 0 Å². The van der Waals surface area contributed by atoms with Gasteiger partial charge in [0.1, 0.15) is 4.21 Å². The topological polar surface area (TPSA) is 57.6 Å². The number of thiophene rings is 1. The molecular weight excluding hydrogens is 258 g/mol. The summed E-state index contributed by atoms with van der Waals surface area (Å²) in [5.74, 6) is 0. The first-order chi connectivity index (χ1) is 8.16. The van der Waals surface area contributed by atoms with E-state index in [2.05, 4.69) is 0 Å². The van der Waals surface area contributed by atoms with Crippen LogP contribution in [0.4, 0.5) is 0 Å². The van der Waals surface area contributed by atoms with Crippen molar-refractivity contribution in [3.63, 3.8) is 0 Å². The zero-order chi connectivity index (χ0) is 12.3. The Morgan fingerprint density at radius 2 is 2.24 bits per heavy atom. The van der Waals surface area contributed by atoms with Gasteiger partial charge in [0.05, 0.1) is 0 Å². The van der Waals surface area contributed by atoms with Crippen LogP contribution in [-0.4, -0.2) is 37.0 Å². The summed E-state index contributed by atoms with van der Waals surface area (Å²) >= 11 is 1.25. The summed E-state index contributed by atoms with van der Waals surface area (Å²) < 4.78 is 26.7. The number of rotatable bonds is 6. The van der Waals surface area contributed by atoms with Crippen LogP contribution in [0.2, 0.25) is 0 Å². The van der Waals surface area contributed by atoms with Crippen molar-refractivity contribution in [3.05, 3.63) is 17.5 Å². The molecule has 1 aromatic rings. The lowest BCUT2D eigenvalue weighted by Gasteiger charge is -2.36. The summed E-state index contributed by atoms with van der Waals surface area (Å²) in [5.41, 5.74) is 0. The fraction of sp³-hybridized carbons (Fsp3) is 0.636. The van der Waals surface area contributed by atoms with E-state index in [1.54, 1.807) is 21.8 Å². The van der Waals surface area contributed by atoms with Crippen LogP contribution in [-0.2, 0) is 10.0 Å². The molecule has 0 saturated heterocycles. The molecule has 0 aliphatic heterocycles. The minimum Gasteiger partial charge on any atom is -0.396 e. The van der Waals surface area contributed by atoms with Gasteiger partial charge in [-0.15, -0.1) is 11.3 Å². The standard InChI is InChI=1S/C11H17NO3S2/c13-8-3-7-12(10-4-1-5-10)17(14,15)11-6-2-9-16-11/h2,6,9-10,13H,1,3-5,7-8H2. The van der Waals surface area contributed by atoms with Crippen LogP contribution in [0, 0.1) is 0 Å². The van der Waals surface area contributed by atoms with Crippen molar-refractivity contribution < 1.29 is 13.5 Å². The molecule has 1 aliphatic rings. The van der Waals surface area contributed by atoms with Crippen LogP contribution in [0.1, 0.15) is 25.7 Å². The van der Waals surface area contributed by atoms with E-state index in [0.717, 1.165) is 19.3 Å². The Hall–Kier alpha value is -0.430. The molecule has 0 amide bonds. The molecule has 0 unspecified atom stereocenters. The minimum absolute atomic E-state index is 0.0309. The highest BCUT2D eigenvalue weighted by atomic mass is 32.2. The van der Waals surface area contributed by atoms with Crippen LogP contribution in [0.25, 0.3) is 0 Å². The van der Waals surface area contributed by atoms with E-state index in [1.807, 2.05) is 0 Å². The molecule has 2 rings (SSSR count). The highest BCUT2D eigenvalue weighted by molar-refractivity contribution is 7.91. The molecule has 1 aliphatic carbocycles. The van der Waals surface area contributed by atoms with Crippen LogP contribution in [0.5, 0.6) is 0 Å². The molecule has 1 aromatic heterocycles. The Kier molecular flexibility index (Phi) is 4.19. The van der Waals surface area contributed by atoms with Crippen molar-refractivity contribution in [2.45, 2.75) is 35.9 Å². The molecule has 4 nitrogen and oxygen atoms in total. The van der Waals surface area contributed by atoms with Gasteiger partial charge >= 0.3 is 0 Å². The van der Waals surface area contributed by atoms with Gasteiger partial charge in [-0.2, -0.15) is 4.31 Å². The summed E-state index contributed by atoms with van der Waals surface area (Å²) in [5, 5.41) is 10.6. The second kappa shape index (κ2) is 5.48. The summed E-state index contributed by atoms with van der Waals surface area (Å²) in [6.45, 7) is 0.449. The first-order valence-electron chi connectivity index (χ1n) is 5.82. The quantitative estimate of drug-likeness (QED) is 0.859. The number of hydrogen-bond donors (Lipinski definition) is 1. The second-order valence-electron chi connectivity index (χ2n) is 4.21. The molecule has 0 aromatic carbocycles. The zero-order valence-electron chi connectivity index (χ0n) is 9.58. The van der Waals surface area contributed by atoms with Crippen molar-refractivity contribution in [2.75, 3.05) is 13.2 Å². The third-order valence-electron chi connectivity index (χ3n) is 3.08. The summed E-state index contributed by atoms with van der Waals surface area (Å²) in [6, 6.07) is 3.53. The number of sulfonamides is 1. The molecule has 6 heteroatoms. The monoisotopic (exact) mass is 275 g/mol. The Morgan fingerprint density at radius 3 is 2.71 bits per heavy atom. The van der Waals surface area contributed by atoms with E-state index in [9.17, 15) is 8.42 Å². The molecule has 1 saturated carbocycles. The highest BCUT2D eigenvalue weighted by Crippen LogP contribution is 2.31.